The molecule has 4 aromatic rings. The number of fused-ring (bicyclic) bond motifs is 2. The van der Waals surface area contributed by atoms with Gasteiger partial charge in [-0.1, -0.05) is 0 Å². The number of nitrogens with zero attached hydrogens (tertiary/aromatic N) is 3. The average molecular weight is 424 g/mol. The SMILES string of the molecule is CC(C)(C)OC(=O)n1ccc2ccc([N+](=O)[O-])cc21.O=[N+]([O-])c1ccc2cc[nH]c2c1. The molecule has 0 unspecified atom stereocenters. The fourth-order valence-electron chi connectivity index (χ4n) is 2.85. The number of nitro groups is 2. The zero-order valence-corrected chi connectivity index (χ0v) is 17.1. The third kappa shape index (κ3) is 5.04. The van der Waals surface area contributed by atoms with E-state index < -0.39 is 21.5 Å². The molecule has 1 N–H and O–H groups in total. The molecule has 10 heteroatoms. The van der Waals surface area contributed by atoms with Crippen molar-refractivity contribution in [3.05, 3.63) is 81.2 Å². The van der Waals surface area contributed by atoms with Gasteiger partial charge in [0.25, 0.3) is 11.4 Å². The highest BCUT2D eigenvalue weighted by Gasteiger charge is 2.20. The minimum Gasteiger partial charge on any atom is -0.443 e. The van der Waals surface area contributed by atoms with Crippen molar-refractivity contribution in [3.63, 3.8) is 0 Å². The zero-order valence-electron chi connectivity index (χ0n) is 17.1. The summed E-state index contributed by atoms with van der Waals surface area (Å²) in [4.78, 5) is 35.1. The monoisotopic (exact) mass is 424 g/mol. The van der Waals surface area contributed by atoms with Crippen LogP contribution in [0, 0.1) is 20.2 Å². The quantitative estimate of drug-likeness (QED) is 0.338. The molecule has 10 nitrogen and oxygen atoms in total. The first-order valence-electron chi connectivity index (χ1n) is 9.25. The lowest BCUT2D eigenvalue weighted by molar-refractivity contribution is -0.384. The van der Waals surface area contributed by atoms with Gasteiger partial charge >= 0.3 is 6.09 Å². The number of H-pyrrole nitrogens is 1. The molecule has 2 aromatic carbocycles. The van der Waals surface area contributed by atoms with E-state index in [9.17, 15) is 25.0 Å². The normalized spacial score (nSPS) is 11.1. The Bertz CT molecular complexity index is 1280. The predicted octanol–water partition coefficient (Wildman–Crippen LogP) is 5.41. The largest absolute Gasteiger partial charge is 0.443 e. The summed E-state index contributed by atoms with van der Waals surface area (Å²) in [5.41, 5.74) is 0.697. The van der Waals surface area contributed by atoms with Gasteiger partial charge in [-0.05, 0) is 50.4 Å². The van der Waals surface area contributed by atoms with Gasteiger partial charge in [0, 0.05) is 42.0 Å². The summed E-state index contributed by atoms with van der Waals surface area (Å²) >= 11 is 0. The number of carbonyl (C=O) groups excluding carboxylic acids is 1. The molecule has 160 valence electrons. The Hall–Kier alpha value is -4.21. The third-order valence-corrected chi connectivity index (χ3v) is 4.23. The van der Waals surface area contributed by atoms with Crippen LogP contribution in [-0.4, -0.2) is 31.1 Å². The van der Waals surface area contributed by atoms with Crippen LogP contribution in [0.4, 0.5) is 16.2 Å². The number of hydrogen-bond acceptors (Lipinski definition) is 6. The molecule has 0 aliphatic carbocycles. The van der Waals surface area contributed by atoms with E-state index in [1.807, 2.05) is 6.07 Å². The molecule has 2 aromatic heterocycles. The second kappa shape index (κ2) is 8.27. The molecule has 0 amide bonds. The van der Waals surface area contributed by atoms with Gasteiger partial charge in [0.2, 0.25) is 0 Å². The second-order valence-corrected chi connectivity index (χ2v) is 7.67. The number of benzene rings is 2. The zero-order chi connectivity index (χ0) is 22.8. The van der Waals surface area contributed by atoms with Crippen LogP contribution in [0.3, 0.4) is 0 Å². The third-order valence-electron chi connectivity index (χ3n) is 4.23. The smallest absolute Gasteiger partial charge is 0.418 e. The van der Waals surface area contributed by atoms with Gasteiger partial charge in [0.15, 0.2) is 0 Å². The van der Waals surface area contributed by atoms with E-state index in [1.165, 1.54) is 28.8 Å². The second-order valence-electron chi connectivity index (χ2n) is 7.67. The number of rotatable bonds is 2. The minimum absolute atomic E-state index is 0.0593. The number of ether oxygens (including phenoxy) is 1. The predicted molar refractivity (Wildman–Crippen MR) is 115 cm³/mol. The Labute approximate surface area is 176 Å². The summed E-state index contributed by atoms with van der Waals surface area (Å²) in [6, 6.07) is 12.7. The van der Waals surface area contributed by atoms with E-state index in [0.29, 0.717) is 5.52 Å². The highest BCUT2D eigenvalue weighted by atomic mass is 16.6. The number of nitrogens with one attached hydrogen (secondary N) is 1. The van der Waals surface area contributed by atoms with Crippen molar-refractivity contribution >= 4 is 39.3 Å². The maximum atomic E-state index is 12.0. The van der Waals surface area contributed by atoms with Crippen LogP contribution < -0.4 is 0 Å². The minimum atomic E-state index is -0.617. The number of aromatic nitrogens is 2. The summed E-state index contributed by atoms with van der Waals surface area (Å²) in [7, 11) is 0. The number of hydrogen-bond donors (Lipinski definition) is 1. The molecule has 2 heterocycles. The van der Waals surface area contributed by atoms with E-state index >= 15 is 0 Å². The van der Waals surface area contributed by atoms with Crippen LogP contribution in [0.15, 0.2) is 60.9 Å². The van der Waals surface area contributed by atoms with Gasteiger partial charge < -0.3 is 9.72 Å². The molecule has 0 fully saturated rings. The Balaban J connectivity index is 0.000000194. The first kappa shape index (κ1) is 21.5. The van der Waals surface area contributed by atoms with Crippen LogP contribution >= 0.6 is 0 Å². The van der Waals surface area contributed by atoms with Crippen molar-refractivity contribution in [1.82, 2.24) is 9.55 Å². The van der Waals surface area contributed by atoms with Crippen LogP contribution in [0.2, 0.25) is 0 Å². The lowest BCUT2D eigenvalue weighted by atomic mass is 10.2. The molecule has 0 bridgehead atoms. The maximum absolute atomic E-state index is 12.0. The molecule has 0 radical (unpaired) electrons. The highest BCUT2D eigenvalue weighted by molar-refractivity contribution is 5.90. The fraction of sp³-hybridized carbons (Fsp3) is 0.190. The fourth-order valence-corrected chi connectivity index (χ4v) is 2.85. The molecule has 0 aliphatic heterocycles. The van der Waals surface area contributed by atoms with Crippen LogP contribution in [0.5, 0.6) is 0 Å². The molecule has 0 atom stereocenters. The Morgan fingerprint density at radius 2 is 1.55 bits per heavy atom. The maximum Gasteiger partial charge on any atom is 0.418 e. The van der Waals surface area contributed by atoms with Crippen molar-refractivity contribution in [3.8, 4) is 0 Å². The number of aromatic amines is 1. The lowest BCUT2D eigenvalue weighted by Crippen LogP contribution is -2.26. The molecule has 4 rings (SSSR count). The van der Waals surface area contributed by atoms with Crippen molar-refractivity contribution in [2.75, 3.05) is 0 Å². The summed E-state index contributed by atoms with van der Waals surface area (Å²) in [6.07, 6.45) is 2.75. The summed E-state index contributed by atoms with van der Waals surface area (Å²) in [5, 5.41) is 22.8. The van der Waals surface area contributed by atoms with Crippen molar-refractivity contribution < 1.29 is 19.4 Å². The van der Waals surface area contributed by atoms with E-state index in [2.05, 4.69) is 4.98 Å². The molecule has 0 spiro atoms. The summed E-state index contributed by atoms with van der Waals surface area (Å²) in [6.45, 7) is 5.29. The van der Waals surface area contributed by atoms with E-state index in [4.69, 9.17) is 4.74 Å². The van der Waals surface area contributed by atoms with Crippen LogP contribution in [0.1, 0.15) is 20.8 Å². The molecule has 31 heavy (non-hydrogen) atoms. The average Bonchev–Trinajstić information content (AvgIpc) is 3.32. The number of nitro benzene ring substituents is 2. The lowest BCUT2D eigenvalue weighted by Gasteiger charge is -2.19. The van der Waals surface area contributed by atoms with E-state index in [0.717, 1.165) is 16.3 Å². The summed E-state index contributed by atoms with van der Waals surface area (Å²) in [5.74, 6) is 0. The van der Waals surface area contributed by atoms with E-state index in [-0.39, 0.29) is 11.4 Å². The van der Waals surface area contributed by atoms with Gasteiger partial charge in [-0.2, -0.15) is 0 Å². The van der Waals surface area contributed by atoms with Gasteiger partial charge in [-0.15, -0.1) is 0 Å². The topological polar surface area (TPSA) is 133 Å². The highest BCUT2D eigenvalue weighted by Crippen LogP contribution is 2.23. The van der Waals surface area contributed by atoms with Gasteiger partial charge in [0.05, 0.1) is 20.9 Å². The molecule has 0 aliphatic rings. The van der Waals surface area contributed by atoms with Crippen LogP contribution in [0.25, 0.3) is 21.8 Å². The molecule has 0 saturated carbocycles. The molecular weight excluding hydrogens is 404 g/mol. The summed E-state index contributed by atoms with van der Waals surface area (Å²) < 4.78 is 6.52. The first-order chi connectivity index (χ1) is 14.5. The van der Waals surface area contributed by atoms with Gasteiger partial charge in [-0.25, -0.2) is 4.79 Å². The van der Waals surface area contributed by atoms with Crippen LogP contribution in [-0.2, 0) is 4.74 Å². The Kier molecular flexibility index (Phi) is 5.73. The Morgan fingerprint density at radius 3 is 2.16 bits per heavy atom. The van der Waals surface area contributed by atoms with Crippen molar-refractivity contribution in [1.29, 1.82) is 0 Å². The van der Waals surface area contributed by atoms with Crippen molar-refractivity contribution in [2.24, 2.45) is 0 Å². The molecule has 0 saturated heterocycles. The molecular formula is C21H20N4O6. The standard InChI is InChI=1S/C13H14N2O4.C8H6N2O2/c1-13(2,3)19-12(16)14-7-6-9-4-5-10(15(17)18)8-11(9)14;11-10(12)7-2-1-6-3-4-9-8(6)5-7/h4-8H,1-3H3;1-5,9H. The Morgan fingerprint density at radius 1 is 0.935 bits per heavy atom. The first-order valence-corrected chi connectivity index (χ1v) is 9.25. The van der Waals surface area contributed by atoms with Crippen molar-refractivity contribution in [2.45, 2.75) is 26.4 Å². The van der Waals surface area contributed by atoms with E-state index in [1.54, 1.807) is 51.4 Å². The van der Waals surface area contributed by atoms with Gasteiger partial charge in [0.1, 0.15) is 5.60 Å². The number of carbonyl (C=O) groups is 1. The number of non-ortho nitro benzene ring substituents is 2. The van der Waals surface area contributed by atoms with Gasteiger partial charge in [-0.3, -0.25) is 24.8 Å².